The second kappa shape index (κ2) is 8.96. The molecule has 0 radical (unpaired) electrons. The quantitative estimate of drug-likeness (QED) is 0.295. The molecule has 0 aliphatic rings. The van der Waals surface area contributed by atoms with Crippen molar-refractivity contribution >= 4 is 40.1 Å². The topological polar surface area (TPSA) is 111 Å². The van der Waals surface area contributed by atoms with Crippen LogP contribution in [0.1, 0.15) is 28.1 Å². The van der Waals surface area contributed by atoms with Gasteiger partial charge in [0.1, 0.15) is 22.7 Å². The van der Waals surface area contributed by atoms with Crippen molar-refractivity contribution in [3.63, 3.8) is 0 Å². The van der Waals surface area contributed by atoms with Crippen molar-refractivity contribution in [3.05, 3.63) is 89.9 Å². The van der Waals surface area contributed by atoms with Crippen LogP contribution < -0.4 is 11.1 Å². The van der Waals surface area contributed by atoms with Crippen LogP contribution in [0.2, 0.25) is 0 Å². The van der Waals surface area contributed by atoms with Crippen LogP contribution in [0, 0.1) is 0 Å². The fourth-order valence-electron chi connectivity index (χ4n) is 3.70. The number of hydrogen-bond donors (Lipinski definition) is 2. The molecule has 0 bridgehead atoms. The molecule has 5 rings (SSSR count). The van der Waals surface area contributed by atoms with Crippen molar-refractivity contribution in [2.24, 2.45) is 5.10 Å². The molecule has 3 N–H and O–H groups in total. The number of anilines is 1. The number of nitrogens with zero attached hydrogens (tertiary/aromatic N) is 4. The molecule has 8 nitrogen and oxygen atoms in total. The van der Waals surface area contributed by atoms with Gasteiger partial charge < -0.3 is 15.5 Å². The molecule has 0 saturated carbocycles. The Balaban J connectivity index is 1.47. The number of carbonyl (C=O) groups excluding carboxylic acids is 1. The zero-order chi connectivity index (χ0) is 22.6. The molecule has 0 saturated heterocycles. The predicted molar refractivity (Wildman–Crippen MR) is 128 cm³/mol. The third-order valence-corrected chi connectivity index (χ3v) is 5.32. The first-order valence-corrected chi connectivity index (χ1v) is 10.7. The number of benzene rings is 2. The minimum atomic E-state index is -0.304. The van der Waals surface area contributed by atoms with Crippen molar-refractivity contribution in [1.29, 1.82) is 0 Å². The second-order valence-corrected chi connectivity index (χ2v) is 7.56. The highest BCUT2D eigenvalue weighted by molar-refractivity contribution is 6.10. The Morgan fingerprint density at radius 1 is 1.03 bits per heavy atom. The second-order valence-electron chi connectivity index (χ2n) is 7.56. The molecule has 164 valence electrons. The summed E-state index contributed by atoms with van der Waals surface area (Å²) in [6.45, 7) is 0.510. The Labute approximate surface area is 189 Å². The van der Waals surface area contributed by atoms with Gasteiger partial charge in [0.2, 0.25) is 0 Å². The van der Waals surface area contributed by atoms with Gasteiger partial charge in [-0.25, -0.2) is 9.97 Å². The average molecular weight is 438 g/mol. The van der Waals surface area contributed by atoms with Crippen LogP contribution in [0.3, 0.4) is 0 Å². The first-order valence-electron chi connectivity index (χ1n) is 10.7. The zero-order valence-corrected chi connectivity index (χ0v) is 17.8. The lowest BCUT2D eigenvalue weighted by Crippen LogP contribution is -2.25. The molecule has 0 atom stereocenters. The Morgan fingerprint density at radius 2 is 1.79 bits per heavy atom. The third kappa shape index (κ3) is 4.18. The highest BCUT2D eigenvalue weighted by atomic mass is 16.3. The van der Waals surface area contributed by atoms with Gasteiger partial charge in [-0.05, 0) is 42.7 Å². The largest absolute Gasteiger partial charge is 0.463 e. The number of nitrogens with two attached hydrogens (primary N) is 1. The fourth-order valence-corrected chi connectivity index (χ4v) is 3.70. The normalized spacial score (nSPS) is 11.5. The summed E-state index contributed by atoms with van der Waals surface area (Å²) in [5, 5.41) is 7.38. The maximum Gasteiger partial charge on any atom is 0.257 e. The van der Waals surface area contributed by atoms with Crippen molar-refractivity contribution < 1.29 is 9.21 Å². The molecular formula is C25H22N6O2. The Hall–Kier alpha value is -4.46. The van der Waals surface area contributed by atoms with E-state index in [4.69, 9.17) is 10.2 Å². The van der Waals surface area contributed by atoms with Gasteiger partial charge in [0.25, 0.3) is 5.91 Å². The van der Waals surface area contributed by atoms with Crippen LogP contribution in [0.25, 0.3) is 22.2 Å². The molecule has 1 amide bonds. The lowest BCUT2D eigenvalue weighted by atomic mass is 10.1. The van der Waals surface area contributed by atoms with E-state index in [0.717, 1.165) is 12.8 Å². The number of furan rings is 1. The van der Waals surface area contributed by atoms with Crippen molar-refractivity contribution in [2.75, 3.05) is 12.3 Å². The van der Waals surface area contributed by atoms with Crippen LogP contribution in [0.5, 0.6) is 0 Å². The highest BCUT2D eigenvalue weighted by Gasteiger charge is 2.23. The number of rotatable bonds is 7. The number of aryl methyl sites for hydroxylation is 1. The number of para-hydroxylation sites is 2. The van der Waals surface area contributed by atoms with Gasteiger partial charge >= 0.3 is 0 Å². The summed E-state index contributed by atoms with van der Waals surface area (Å²) < 4.78 is 6.74. The highest BCUT2D eigenvalue weighted by Crippen LogP contribution is 2.27. The van der Waals surface area contributed by atoms with E-state index in [9.17, 15) is 4.79 Å². The number of hydrogen-bond acceptors (Lipinski definition) is 6. The summed E-state index contributed by atoms with van der Waals surface area (Å²) >= 11 is 0. The van der Waals surface area contributed by atoms with Crippen LogP contribution in [0.4, 0.5) is 5.82 Å². The SMILES string of the molecule is Nc1c(C(=O)NCCCc2ccccc2)c2nc3ccccc3nc2n1/N=C/c1ccco1. The van der Waals surface area contributed by atoms with Gasteiger partial charge in [0.15, 0.2) is 5.65 Å². The molecule has 33 heavy (non-hydrogen) atoms. The number of amides is 1. The Bertz CT molecular complexity index is 1440. The summed E-state index contributed by atoms with van der Waals surface area (Å²) in [4.78, 5) is 22.5. The standard InChI is InChI=1S/C25H22N6O2/c26-23-21(25(32)27-14-6-10-17-8-2-1-3-9-17)22-24(30-20-13-5-4-12-19(20)29-22)31(23)28-16-18-11-7-15-33-18/h1-5,7-9,11-13,15-16H,6,10,14,26H2,(H,27,32)/b28-16+. The minimum absolute atomic E-state index is 0.170. The molecular weight excluding hydrogens is 416 g/mol. The van der Waals surface area contributed by atoms with E-state index in [1.807, 2.05) is 42.5 Å². The van der Waals surface area contributed by atoms with Gasteiger partial charge in [0.05, 0.1) is 23.5 Å². The number of carbonyl (C=O) groups is 1. The molecule has 0 fully saturated rings. The van der Waals surface area contributed by atoms with Crippen molar-refractivity contribution in [1.82, 2.24) is 20.0 Å². The van der Waals surface area contributed by atoms with Crippen LogP contribution in [-0.4, -0.2) is 33.3 Å². The number of aromatic nitrogens is 3. The molecule has 8 heteroatoms. The Morgan fingerprint density at radius 3 is 2.55 bits per heavy atom. The smallest absolute Gasteiger partial charge is 0.257 e. The summed E-state index contributed by atoms with van der Waals surface area (Å²) in [6.07, 6.45) is 4.75. The maximum atomic E-state index is 13.1. The zero-order valence-electron chi connectivity index (χ0n) is 17.8. The van der Waals surface area contributed by atoms with Gasteiger partial charge in [-0.1, -0.05) is 42.5 Å². The molecule has 0 unspecified atom stereocenters. The third-order valence-electron chi connectivity index (χ3n) is 5.32. The molecule has 2 aromatic carbocycles. The van der Waals surface area contributed by atoms with Crippen molar-refractivity contribution in [3.8, 4) is 0 Å². The average Bonchev–Trinajstić information content (AvgIpc) is 3.45. The number of nitrogens with one attached hydrogen (secondary N) is 1. The molecule has 3 aromatic heterocycles. The maximum absolute atomic E-state index is 13.1. The first kappa shape index (κ1) is 20.4. The van der Waals surface area contributed by atoms with Crippen molar-refractivity contribution in [2.45, 2.75) is 12.8 Å². The Kier molecular flexibility index (Phi) is 5.55. The fraction of sp³-hybridized carbons (Fsp3) is 0.120. The molecule has 0 aliphatic heterocycles. The number of nitrogen functional groups attached to an aromatic ring is 1. The van der Waals surface area contributed by atoms with Gasteiger partial charge in [0, 0.05) is 6.54 Å². The summed E-state index contributed by atoms with van der Waals surface area (Å²) in [5.74, 6) is 0.419. The number of fused-ring (bicyclic) bond motifs is 2. The summed E-state index contributed by atoms with van der Waals surface area (Å²) in [7, 11) is 0. The van der Waals surface area contributed by atoms with Gasteiger partial charge in [-0.2, -0.15) is 9.78 Å². The van der Waals surface area contributed by atoms with Crippen LogP contribution >= 0.6 is 0 Å². The molecule has 0 aliphatic carbocycles. The first-order chi connectivity index (χ1) is 16.2. The molecule has 3 heterocycles. The molecule has 0 spiro atoms. The summed E-state index contributed by atoms with van der Waals surface area (Å²) in [6, 6.07) is 21.2. The van der Waals surface area contributed by atoms with E-state index in [1.54, 1.807) is 18.4 Å². The predicted octanol–water partition coefficient (Wildman–Crippen LogP) is 4.00. The summed E-state index contributed by atoms with van der Waals surface area (Å²) in [5.41, 5.74) is 10.1. The van der Waals surface area contributed by atoms with E-state index >= 15 is 0 Å². The minimum Gasteiger partial charge on any atom is -0.463 e. The molecule has 5 aromatic rings. The monoisotopic (exact) mass is 438 g/mol. The lowest BCUT2D eigenvalue weighted by Gasteiger charge is -2.06. The van der Waals surface area contributed by atoms with E-state index in [1.165, 1.54) is 16.5 Å². The van der Waals surface area contributed by atoms with E-state index in [-0.39, 0.29) is 17.3 Å². The van der Waals surface area contributed by atoms with Gasteiger partial charge in [-0.3, -0.25) is 4.79 Å². The van der Waals surface area contributed by atoms with Crippen LogP contribution in [-0.2, 0) is 6.42 Å². The lowest BCUT2D eigenvalue weighted by molar-refractivity contribution is 0.0955. The van der Waals surface area contributed by atoms with E-state index < -0.39 is 0 Å². The van der Waals surface area contributed by atoms with Gasteiger partial charge in [-0.15, -0.1) is 0 Å². The van der Waals surface area contributed by atoms with E-state index in [0.29, 0.717) is 34.5 Å². The van der Waals surface area contributed by atoms with E-state index in [2.05, 4.69) is 32.5 Å². The van der Waals surface area contributed by atoms with Crippen LogP contribution in [0.15, 0.2) is 82.5 Å².